The van der Waals surface area contributed by atoms with E-state index in [1.807, 2.05) is 6.20 Å². The molecule has 0 unspecified atom stereocenters. The third-order valence-electron chi connectivity index (χ3n) is 4.06. The number of hydrogen-bond acceptors (Lipinski definition) is 4. The zero-order valence-electron chi connectivity index (χ0n) is 15.0. The standard InChI is InChI=1S/C17H31N5S.HI/c1-3-15-13-20-16(23-15)14-21-17(18-4-2)19-9-5-6-10-22-11-7-8-12-22;/h13H,3-12,14H2,1-2H3,(H2,18,19,21);1H. The molecule has 24 heavy (non-hydrogen) atoms. The molecule has 0 bridgehead atoms. The number of rotatable bonds is 9. The maximum Gasteiger partial charge on any atom is 0.191 e. The fourth-order valence-electron chi connectivity index (χ4n) is 2.75. The van der Waals surface area contributed by atoms with E-state index < -0.39 is 0 Å². The summed E-state index contributed by atoms with van der Waals surface area (Å²) in [5, 5.41) is 7.84. The van der Waals surface area contributed by atoms with Gasteiger partial charge in [-0.3, -0.25) is 0 Å². The number of halogens is 1. The van der Waals surface area contributed by atoms with Crippen molar-refractivity contribution in [3.63, 3.8) is 0 Å². The minimum absolute atomic E-state index is 0. The molecule has 0 atom stereocenters. The van der Waals surface area contributed by atoms with Crippen LogP contribution >= 0.6 is 35.3 Å². The highest BCUT2D eigenvalue weighted by atomic mass is 127. The van der Waals surface area contributed by atoms with Crippen LogP contribution in [0.5, 0.6) is 0 Å². The number of nitrogens with one attached hydrogen (secondary N) is 2. The van der Waals surface area contributed by atoms with Crippen LogP contribution in [0.15, 0.2) is 11.2 Å². The molecule has 5 nitrogen and oxygen atoms in total. The summed E-state index contributed by atoms with van der Waals surface area (Å²) in [5.41, 5.74) is 0. The van der Waals surface area contributed by atoms with Crippen molar-refractivity contribution in [2.45, 2.75) is 52.5 Å². The summed E-state index contributed by atoms with van der Waals surface area (Å²) in [6.45, 7) is 10.6. The van der Waals surface area contributed by atoms with Crippen LogP contribution in [0.3, 0.4) is 0 Å². The first-order chi connectivity index (χ1) is 11.3. The van der Waals surface area contributed by atoms with Gasteiger partial charge in [-0.2, -0.15) is 0 Å². The summed E-state index contributed by atoms with van der Waals surface area (Å²) >= 11 is 1.76. The van der Waals surface area contributed by atoms with Crippen LogP contribution in [0, 0.1) is 0 Å². The average molecular weight is 465 g/mol. The van der Waals surface area contributed by atoms with E-state index in [9.17, 15) is 0 Å². The van der Waals surface area contributed by atoms with Crippen molar-refractivity contribution in [3.05, 3.63) is 16.1 Å². The van der Waals surface area contributed by atoms with Crippen molar-refractivity contribution in [1.82, 2.24) is 20.5 Å². The lowest BCUT2D eigenvalue weighted by molar-refractivity contribution is 0.330. The Morgan fingerprint density at radius 3 is 2.71 bits per heavy atom. The van der Waals surface area contributed by atoms with Gasteiger partial charge in [-0.25, -0.2) is 9.98 Å². The fraction of sp³-hybridized carbons (Fsp3) is 0.765. The molecule has 7 heteroatoms. The van der Waals surface area contributed by atoms with E-state index in [1.54, 1.807) is 11.3 Å². The van der Waals surface area contributed by atoms with Crippen molar-refractivity contribution in [3.8, 4) is 0 Å². The molecule has 2 rings (SSSR count). The Morgan fingerprint density at radius 1 is 1.25 bits per heavy atom. The van der Waals surface area contributed by atoms with Crippen LogP contribution in [-0.4, -0.2) is 48.6 Å². The van der Waals surface area contributed by atoms with Crippen LogP contribution in [0.2, 0.25) is 0 Å². The van der Waals surface area contributed by atoms with Gasteiger partial charge in [-0.15, -0.1) is 35.3 Å². The zero-order chi connectivity index (χ0) is 16.3. The van der Waals surface area contributed by atoms with Gasteiger partial charge in [-0.05, 0) is 58.7 Å². The lowest BCUT2D eigenvalue weighted by Crippen LogP contribution is -2.38. The minimum Gasteiger partial charge on any atom is -0.357 e. The third-order valence-corrected chi connectivity index (χ3v) is 5.19. The predicted octanol–water partition coefficient (Wildman–Crippen LogP) is 3.25. The quantitative estimate of drug-likeness (QED) is 0.255. The molecule has 0 aliphatic carbocycles. The van der Waals surface area contributed by atoms with Gasteiger partial charge in [0.1, 0.15) is 5.01 Å². The molecular weight excluding hydrogens is 433 g/mol. The van der Waals surface area contributed by atoms with E-state index in [-0.39, 0.29) is 24.0 Å². The summed E-state index contributed by atoms with van der Waals surface area (Å²) in [7, 11) is 0. The number of hydrogen-bond donors (Lipinski definition) is 2. The van der Waals surface area contributed by atoms with Crippen molar-refractivity contribution in [1.29, 1.82) is 0 Å². The molecule has 1 aliphatic rings. The highest BCUT2D eigenvalue weighted by Gasteiger charge is 2.10. The Kier molecular flexibility index (Phi) is 11.6. The van der Waals surface area contributed by atoms with Gasteiger partial charge < -0.3 is 15.5 Å². The van der Waals surface area contributed by atoms with Crippen LogP contribution in [0.1, 0.15) is 49.4 Å². The molecule has 0 spiro atoms. The van der Waals surface area contributed by atoms with Gasteiger partial charge in [0.2, 0.25) is 0 Å². The molecule has 0 amide bonds. The number of aromatic nitrogens is 1. The van der Waals surface area contributed by atoms with Gasteiger partial charge in [0.05, 0.1) is 6.54 Å². The van der Waals surface area contributed by atoms with Crippen molar-refractivity contribution in [2.75, 3.05) is 32.7 Å². The molecule has 138 valence electrons. The molecule has 2 N–H and O–H groups in total. The zero-order valence-corrected chi connectivity index (χ0v) is 18.2. The van der Waals surface area contributed by atoms with Crippen molar-refractivity contribution in [2.24, 2.45) is 4.99 Å². The summed E-state index contributed by atoms with van der Waals surface area (Å²) in [6.07, 6.45) is 8.24. The van der Waals surface area contributed by atoms with Crippen LogP contribution in [0.25, 0.3) is 0 Å². The topological polar surface area (TPSA) is 52.6 Å². The van der Waals surface area contributed by atoms with Crippen LogP contribution < -0.4 is 10.6 Å². The molecule has 1 saturated heterocycles. The molecule has 1 aromatic heterocycles. The number of nitrogens with zero attached hydrogens (tertiary/aromatic N) is 3. The Balaban J connectivity index is 0.00000288. The molecule has 0 saturated carbocycles. The lowest BCUT2D eigenvalue weighted by Gasteiger charge is -2.15. The highest BCUT2D eigenvalue weighted by molar-refractivity contribution is 14.0. The maximum atomic E-state index is 4.64. The second-order valence-corrected chi connectivity index (χ2v) is 7.15. The Hall–Kier alpha value is -0.410. The number of thiazole rings is 1. The monoisotopic (exact) mass is 465 g/mol. The van der Waals surface area contributed by atoms with E-state index in [0.29, 0.717) is 6.54 Å². The first-order valence-electron chi connectivity index (χ1n) is 9.00. The molecule has 1 fully saturated rings. The molecular formula is C17H32IN5S. The number of likely N-dealkylation sites (tertiary alicyclic amines) is 1. The average Bonchev–Trinajstić information content (AvgIpc) is 3.23. The van der Waals surface area contributed by atoms with Gasteiger partial charge in [-0.1, -0.05) is 6.92 Å². The van der Waals surface area contributed by atoms with Gasteiger partial charge >= 0.3 is 0 Å². The number of unbranched alkanes of at least 4 members (excludes halogenated alkanes) is 1. The Labute approximate surface area is 167 Å². The predicted molar refractivity (Wildman–Crippen MR) is 115 cm³/mol. The second-order valence-electron chi connectivity index (χ2n) is 5.95. The summed E-state index contributed by atoms with van der Waals surface area (Å²) in [4.78, 5) is 13.0. The molecule has 0 aromatic carbocycles. The van der Waals surface area contributed by atoms with E-state index in [1.165, 1.54) is 50.2 Å². The van der Waals surface area contributed by atoms with Gasteiger partial charge in [0, 0.05) is 24.2 Å². The summed E-state index contributed by atoms with van der Waals surface area (Å²) in [5.74, 6) is 0.905. The maximum absolute atomic E-state index is 4.64. The molecule has 1 aromatic rings. The normalized spacial score (nSPS) is 15.3. The SMILES string of the molecule is CCNC(=NCc1ncc(CC)s1)NCCCCN1CCCC1.I. The van der Waals surface area contributed by atoms with E-state index in [4.69, 9.17) is 0 Å². The third kappa shape index (κ3) is 8.11. The highest BCUT2D eigenvalue weighted by Crippen LogP contribution is 2.14. The summed E-state index contributed by atoms with van der Waals surface area (Å²) in [6, 6.07) is 0. The molecule has 1 aliphatic heterocycles. The van der Waals surface area contributed by atoms with Crippen molar-refractivity contribution < 1.29 is 0 Å². The van der Waals surface area contributed by atoms with Crippen LogP contribution in [0.4, 0.5) is 0 Å². The number of guanidine groups is 1. The Bertz CT molecular complexity index is 471. The van der Waals surface area contributed by atoms with E-state index >= 15 is 0 Å². The first-order valence-corrected chi connectivity index (χ1v) is 9.81. The van der Waals surface area contributed by atoms with Gasteiger partial charge in [0.25, 0.3) is 0 Å². The minimum atomic E-state index is 0. The largest absolute Gasteiger partial charge is 0.357 e. The smallest absolute Gasteiger partial charge is 0.191 e. The lowest BCUT2D eigenvalue weighted by atomic mass is 10.3. The van der Waals surface area contributed by atoms with E-state index in [2.05, 4.69) is 39.4 Å². The number of aliphatic imine (C=N–C) groups is 1. The Morgan fingerprint density at radius 2 is 2.04 bits per heavy atom. The number of aryl methyl sites for hydroxylation is 1. The molecule has 0 radical (unpaired) electrons. The van der Waals surface area contributed by atoms with Crippen molar-refractivity contribution >= 4 is 41.3 Å². The summed E-state index contributed by atoms with van der Waals surface area (Å²) < 4.78 is 0. The van der Waals surface area contributed by atoms with E-state index in [0.717, 1.165) is 30.5 Å². The second kappa shape index (κ2) is 12.9. The van der Waals surface area contributed by atoms with Gasteiger partial charge in [0.15, 0.2) is 5.96 Å². The first kappa shape index (κ1) is 21.6. The van der Waals surface area contributed by atoms with Crippen LogP contribution in [-0.2, 0) is 13.0 Å². The fourth-order valence-corrected chi connectivity index (χ4v) is 3.53. The molecule has 2 heterocycles.